The lowest BCUT2D eigenvalue weighted by molar-refractivity contribution is -0.137. The third kappa shape index (κ3) is 3.84. The zero-order valence-corrected chi connectivity index (χ0v) is 15.1. The predicted molar refractivity (Wildman–Crippen MR) is 95.9 cm³/mol. The average molecular weight is 345 g/mol. The van der Waals surface area contributed by atoms with Gasteiger partial charge in [0.05, 0.1) is 6.61 Å². The Morgan fingerprint density at radius 1 is 1.28 bits per heavy atom. The first kappa shape index (κ1) is 18.6. The number of benzene rings is 1. The Morgan fingerprint density at radius 3 is 2.56 bits per heavy atom. The molecule has 0 radical (unpaired) electrons. The number of carbonyl (C=O) groups excluding carboxylic acids is 1. The van der Waals surface area contributed by atoms with E-state index in [9.17, 15) is 9.59 Å². The lowest BCUT2D eigenvalue weighted by Crippen LogP contribution is -2.27. The van der Waals surface area contributed by atoms with Crippen LogP contribution < -0.4 is 10.1 Å². The number of carbonyl (C=O) groups is 2. The van der Waals surface area contributed by atoms with Crippen LogP contribution in [0.1, 0.15) is 36.3 Å². The number of hydrogen-bond donors (Lipinski definition) is 2. The topological polar surface area (TPSA) is 88.8 Å². The second-order valence-corrected chi connectivity index (χ2v) is 5.91. The summed E-state index contributed by atoms with van der Waals surface area (Å²) in [5.74, 6) is -0.0292. The van der Waals surface area contributed by atoms with Crippen molar-refractivity contribution < 1.29 is 23.8 Å². The highest BCUT2D eigenvalue weighted by Crippen LogP contribution is 2.38. The number of fused-ring (bicyclic) bond motifs is 1. The summed E-state index contributed by atoms with van der Waals surface area (Å²) in [6, 6.07) is 1.95. The van der Waals surface area contributed by atoms with E-state index in [0.717, 1.165) is 33.4 Å². The highest BCUT2D eigenvalue weighted by molar-refractivity contribution is 5.99. The van der Waals surface area contributed by atoms with Gasteiger partial charge in [-0.1, -0.05) is 0 Å². The van der Waals surface area contributed by atoms with Crippen molar-refractivity contribution in [1.29, 1.82) is 0 Å². The highest BCUT2D eigenvalue weighted by atomic mass is 16.5. The summed E-state index contributed by atoms with van der Waals surface area (Å²) in [6.45, 7) is 9.59. The number of hydrogen-bond acceptors (Lipinski definition) is 4. The molecule has 0 saturated heterocycles. The quantitative estimate of drug-likeness (QED) is 0.784. The Hall–Kier alpha value is -2.76. The molecule has 0 aliphatic carbocycles. The van der Waals surface area contributed by atoms with Crippen LogP contribution in [0.5, 0.6) is 5.75 Å². The number of nitrogens with one attached hydrogen (secondary N) is 1. The first-order valence-electron chi connectivity index (χ1n) is 8.10. The van der Waals surface area contributed by atoms with Gasteiger partial charge in [-0.05, 0) is 51.8 Å². The minimum atomic E-state index is -1.09. The first-order chi connectivity index (χ1) is 11.8. The van der Waals surface area contributed by atoms with Gasteiger partial charge in [-0.3, -0.25) is 9.59 Å². The van der Waals surface area contributed by atoms with E-state index in [0.29, 0.717) is 17.9 Å². The Labute approximate surface area is 146 Å². The molecule has 25 heavy (non-hydrogen) atoms. The van der Waals surface area contributed by atoms with Crippen LogP contribution >= 0.6 is 0 Å². The predicted octanol–water partition coefficient (Wildman–Crippen LogP) is 3.36. The van der Waals surface area contributed by atoms with Crippen molar-refractivity contribution in [3.63, 3.8) is 0 Å². The lowest BCUT2D eigenvalue weighted by atomic mass is 9.98. The molecule has 0 aliphatic rings. The molecule has 0 saturated carbocycles. The van der Waals surface area contributed by atoms with E-state index in [1.54, 1.807) is 6.92 Å². The summed E-state index contributed by atoms with van der Waals surface area (Å²) in [6.07, 6.45) is 1.38. The van der Waals surface area contributed by atoms with Crippen LogP contribution in [0.15, 0.2) is 16.6 Å². The van der Waals surface area contributed by atoms with Crippen LogP contribution in [0, 0.1) is 20.8 Å². The third-order valence-corrected chi connectivity index (χ3v) is 4.12. The van der Waals surface area contributed by atoms with Crippen molar-refractivity contribution in [1.82, 2.24) is 5.32 Å². The van der Waals surface area contributed by atoms with E-state index < -0.39 is 18.4 Å². The molecule has 1 aromatic heterocycles. The molecule has 1 amide bonds. The third-order valence-electron chi connectivity index (χ3n) is 4.12. The Kier molecular flexibility index (Phi) is 5.51. The van der Waals surface area contributed by atoms with Gasteiger partial charge in [0.15, 0.2) is 0 Å². The van der Waals surface area contributed by atoms with Crippen LogP contribution in [0.25, 0.3) is 16.5 Å². The number of aryl methyl sites for hydroxylation is 3. The molecule has 0 spiro atoms. The van der Waals surface area contributed by atoms with Crippen molar-refractivity contribution in [2.45, 2.75) is 34.6 Å². The normalized spacial score (nSPS) is 11.6. The molecule has 6 heteroatoms. The monoisotopic (exact) mass is 345 g/mol. The number of carboxylic acids is 1. The Balaban J connectivity index is 2.54. The molecular formula is C19H23NO5. The summed E-state index contributed by atoms with van der Waals surface area (Å²) in [5.41, 5.74) is 4.19. The molecule has 2 aromatic rings. The van der Waals surface area contributed by atoms with Gasteiger partial charge >= 0.3 is 5.97 Å². The summed E-state index contributed by atoms with van der Waals surface area (Å²) < 4.78 is 11.7. The second kappa shape index (κ2) is 7.42. The van der Waals surface area contributed by atoms with Crippen LogP contribution in [-0.4, -0.2) is 30.1 Å². The van der Waals surface area contributed by atoms with Gasteiger partial charge in [-0.25, -0.2) is 0 Å². The number of ether oxygens (including phenoxy) is 1. The van der Waals surface area contributed by atoms with Gasteiger partial charge in [-0.2, -0.15) is 0 Å². The van der Waals surface area contributed by atoms with Crippen molar-refractivity contribution in [2.24, 2.45) is 0 Å². The molecular weight excluding hydrogens is 322 g/mol. The summed E-state index contributed by atoms with van der Waals surface area (Å²) in [5, 5.41) is 12.0. The Morgan fingerprint density at radius 2 is 1.96 bits per heavy atom. The van der Waals surface area contributed by atoms with Gasteiger partial charge in [0.25, 0.3) is 0 Å². The zero-order chi connectivity index (χ0) is 18.7. The lowest BCUT2D eigenvalue weighted by Gasteiger charge is -2.14. The van der Waals surface area contributed by atoms with Crippen LogP contribution in [0.3, 0.4) is 0 Å². The van der Waals surface area contributed by atoms with Gasteiger partial charge < -0.3 is 19.6 Å². The molecule has 0 unspecified atom stereocenters. The van der Waals surface area contributed by atoms with Crippen LogP contribution in [0.4, 0.5) is 0 Å². The van der Waals surface area contributed by atoms with Gasteiger partial charge in [-0.15, -0.1) is 0 Å². The molecule has 134 valence electrons. The smallest absolute Gasteiger partial charge is 0.322 e. The fourth-order valence-corrected chi connectivity index (χ4v) is 2.72. The van der Waals surface area contributed by atoms with Gasteiger partial charge in [0, 0.05) is 22.6 Å². The maximum Gasteiger partial charge on any atom is 0.322 e. The second-order valence-electron chi connectivity index (χ2n) is 5.91. The minimum Gasteiger partial charge on any atom is -0.493 e. The number of furan rings is 1. The molecule has 0 aliphatic heterocycles. The number of allylic oxidation sites excluding steroid dienone is 1. The molecule has 1 aromatic carbocycles. The first-order valence-corrected chi connectivity index (χ1v) is 8.10. The van der Waals surface area contributed by atoms with Crippen molar-refractivity contribution in [2.75, 3.05) is 13.2 Å². The molecule has 2 rings (SSSR count). The van der Waals surface area contributed by atoms with E-state index in [1.807, 2.05) is 33.8 Å². The highest BCUT2D eigenvalue weighted by Gasteiger charge is 2.18. The zero-order valence-electron chi connectivity index (χ0n) is 15.1. The van der Waals surface area contributed by atoms with E-state index in [-0.39, 0.29) is 0 Å². The maximum atomic E-state index is 11.9. The molecule has 0 atom stereocenters. The molecule has 0 fully saturated rings. The molecule has 0 bridgehead atoms. The van der Waals surface area contributed by atoms with Crippen LogP contribution in [-0.2, 0) is 9.59 Å². The SMILES string of the molecule is CCOc1c(/C(C)=C/C(=O)NCC(=O)O)cc2c(C)c(C)oc2c1C. The molecule has 2 N–H and O–H groups in total. The van der Waals surface area contributed by atoms with Crippen LogP contribution in [0.2, 0.25) is 0 Å². The molecule has 1 heterocycles. The average Bonchev–Trinajstić information content (AvgIpc) is 2.83. The molecule has 6 nitrogen and oxygen atoms in total. The van der Waals surface area contributed by atoms with E-state index >= 15 is 0 Å². The number of amides is 1. The number of carboxylic acid groups (broad SMARTS) is 1. The van der Waals surface area contributed by atoms with E-state index in [2.05, 4.69) is 5.32 Å². The van der Waals surface area contributed by atoms with E-state index in [1.165, 1.54) is 6.08 Å². The number of aliphatic carboxylic acids is 1. The fraction of sp³-hybridized carbons (Fsp3) is 0.368. The minimum absolute atomic E-state index is 0.418. The van der Waals surface area contributed by atoms with Crippen molar-refractivity contribution >= 4 is 28.4 Å². The summed E-state index contributed by atoms with van der Waals surface area (Å²) in [4.78, 5) is 22.5. The maximum absolute atomic E-state index is 11.9. The summed E-state index contributed by atoms with van der Waals surface area (Å²) in [7, 11) is 0. The summed E-state index contributed by atoms with van der Waals surface area (Å²) >= 11 is 0. The number of rotatable bonds is 6. The fourth-order valence-electron chi connectivity index (χ4n) is 2.72. The van der Waals surface area contributed by atoms with E-state index in [4.69, 9.17) is 14.3 Å². The standard InChI is InChI=1S/C19H23NO5/c1-6-24-18-12(4)19-15(11(3)13(5)25-19)8-14(18)10(2)7-16(21)20-9-17(22)23/h7-8H,6,9H2,1-5H3,(H,20,21)(H,22,23)/b10-7+. The van der Waals surface area contributed by atoms with Crippen molar-refractivity contribution in [3.8, 4) is 5.75 Å². The Bertz CT molecular complexity index is 861. The van der Waals surface area contributed by atoms with Crippen molar-refractivity contribution in [3.05, 3.63) is 34.6 Å². The van der Waals surface area contributed by atoms with Gasteiger partial charge in [0.1, 0.15) is 23.6 Å². The largest absolute Gasteiger partial charge is 0.493 e. The van der Waals surface area contributed by atoms with Gasteiger partial charge in [0.2, 0.25) is 5.91 Å².